The molecule has 0 saturated carbocycles. The van der Waals surface area contributed by atoms with Gasteiger partial charge in [0.1, 0.15) is 5.01 Å². The molecule has 0 aromatic carbocycles. The molecule has 1 aromatic rings. The number of nitrogens with zero attached hydrogens (tertiary/aromatic N) is 1. The minimum absolute atomic E-state index is 0.222. The molecule has 0 aliphatic carbocycles. The van der Waals surface area contributed by atoms with Crippen LogP contribution >= 0.6 is 11.3 Å². The molecule has 0 spiro atoms. The second kappa shape index (κ2) is 6.20. The number of hydrogen-bond donors (Lipinski definition) is 2. The van der Waals surface area contributed by atoms with Crippen LogP contribution in [0.3, 0.4) is 0 Å². The Bertz CT molecular complexity index is 284. The minimum atomic E-state index is -0.222. The van der Waals surface area contributed by atoms with Crippen LogP contribution in [0, 0.1) is 0 Å². The second-order valence-corrected chi connectivity index (χ2v) is 5.27. The molecule has 2 N–H and O–H groups in total. The summed E-state index contributed by atoms with van der Waals surface area (Å²) in [5, 5.41) is 13.5. The van der Waals surface area contributed by atoms with Gasteiger partial charge in [-0.2, -0.15) is 0 Å². The Morgan fingerprint density at radius 2 is 2.20 bits per heavy atom. The van der Waals surface area contributed by atoms with E-state index in [1.807, 2.05) is 13.1 Å². The Morgan fingerprint density at radius 1 is 1.47 bits per heavy atom. The molecule has 3 nitrogen and oxygen atoms in total. The van der Waals surface area contributed by atoms with Crippen LogP contribution in [0.2, 0.25) is 0 Å². The number of thiazole rings is 1. The number of hydrogen-bond acceptors (Lipinski definition) is 4. The van der Waals surface area contributed by atoms with E-state index in [2.05, 4.69) is 24.1 Å². The van der Waals surface area contributed by atoms with Crippen LogP contribution in [0.15, 0.2) is 6.20 Å². The number of nitrogens with one attached hydrogen (secondary N) is 1. The van der Waals surface area contributed by atoms with Crippen molar-refractivity contribution >= 4 is 11.3 Å². The summed E-state index contributed by atoms with van der Waals surface area (Å²) in [5.41, 5.74) is 0. The zero-order valence-corrected chi connectivity index (χ0v) is 10.5. The molecule has 1 heterocycles. The summed E-state index contributed by atoms with van der Waals surface area (Å²) >= 11 is 1.76. The zero-order valence-electron chi connectivity index (χ0n) is 9.66. The molecule has 86 valence electrons. The average molecular weight is 228 g/mol. The third-order valence-corrected chi connectivity index (χ3v) is 3.45. The van der Waals surface area contributed by atoms with Gasteiger partial charge in [0.25, 0.3) is 0 Å². The summed E-state index contributed by atoms with van der Waals surface area (Å²) < 4.78 is 0. The first-order valence-electron chi connectivity index (χ1n) is 5.43. The van der Waals surface area contributed by atoms with Gasteiger partial charge in [-0.15, -0.1) is 11.3 Å². The van der Waals surface area contributed by atoms with Crippen LogP contribution in [0.1, 0.15) is 43.0 Å². The normalized spacial score (nSPS) is 13.4. The average Bonchev–Trinajstić information content (AvgIpc) is 2.60. The fraction of sp³-hybridized carbons (Fsp3) is 0.727. The van der Waals surface area contributed by atoms with Crippen molar-refractivity contribution in [3.63, 3.8) is 0 Å². The molecule has 1 atom stereocenters. The number of rotatable bonds is 6. The van der Waals surface area contributed by atoms with E-state index in [0.29, 0.717) is 5.92 Å². The van der Waals surface area contributed by atoms with Crippen LogP contribution in [-0.2, 0) is 6.54 Å². The fourth-order valence-electron chi connectivity index (χ4n) is 1.18. The molecule has 0 aliphatic rings. The summed E-state index contributed by atoms with van der Waals surface area (Å²) in [6.07, 6.45) is 2.53. The Morgan fingerprint density at radius 3 is 2.73 bits per heavy atom. The lowest BCUT2D eigenvalue weighted by Gasteiger charge is -2.04. The quantitative estimate of drug-likeness (QED) is 0.733. The monoisotopic (exact) mass is 228 g/mol. The molecule has 1 aromatic heterocycles. The molecular weight excluding hydrogens is 208 g/mol. The first kappa shape index (κ1) is 12.6. The van der Waals surface area contributed by atoms with E-state index in [0.717, 1.165) is 24.5 Å². The first-order valence-corrected chi connectivity index (χ1v) is 6.24. The van der Waals surface area contributed by atoms with Gasteiger partial charge in [-0.1, -0.05) is 13.8 Å². The van der Waals surface area contributed by atoms with Crippen molar-refractivity contribution in [1.29, 1.82) is 0 Å². The van der Waals surface area contributed by atoms with Gasteiger partial charge < -0.3 is 10.4 Å². The third kappa shape index (κ3) is 4.73. The highest BCUT2D eigenvalue weighted by atomic mass is 32.1. The highest BCUT2D eigenvalue weighted by molar-refractivity contribution is 7.11. The van der Waals surface area contributed by atoms with Crippen molar-refractivity contribution in [3.8, 4) is 0 Å². The predicted molar refractivity (Wildman–Crippen MR) is 64.2 cm³/mol. The Kier molecular flexibility index (Phi) is 5.22. The van der Waals surface area contributed by atoms with Crippen molar-refractivity contribution < 1.29 is 5.11 Å². The Labute approximate surface area is 95.6 Å². The molecule has 0 aliphatic heterocycles. The van der Waals surface area contributed by atoms with Gasteiger partial charge in [0.05, 0.1) is 6.10 Å². The van der Waals surface area contributed by atoms with Crippen molar-refractivity contribution in [3.05, 3.63) is 16.1 Å². The lowest BCUT2D eigenvalue weighted by Crippen LogP contribution is -2.18. The van der Waals surface area contributed by atoms with E-state index in [4.69, 9.17) is 5.11 Å². The van der Waals surface area contributed by atoms with E-state index in [9.17, 15) is 0 Å². The Hall–Kier alpha value is -0.450. The maximum Gasteiger partial charge on any atom is 0.107 e. The summed E-state index contributed by atoms with van der Waals surface area (Å²) in [5.74, 6) is 0.564. The third-order valence-electron chi connectivity index (χ3n) is 2.16. The number of aromatic nitrogens is 1. The lowest BCUT2D eigenvalue weighted by molar-refractivity contribution is 0.183. The minimum Gasteiger partial charge on any atom is -0.393 e. The highest BCUT2D eigenvalue weighted by Gasteiger charge is 2.04. The van der Waals surface area contributed by atoms with E-state index in [1.165, 1.54) is 4.88 Å². The summed E-state index contributed by atoms with van der Waals surface area (Å²) in [6.45, 7) is 7.82. The van der Waals surface area contributed by atoms with Gasteiger partial charge in [0.15, 0.2) is 0 Å². The Balaban J connectivity index is 2.26. The molecule has 0 bridgehead atoms. The predicted octanol–water partition coefficient (Wildman–Crippen LogP) is 2.13. The van der Waals surface area contributed by atoms with Gasteiger partial charge in [0.2, 0.25) is 0 Å². The zero-order chi connectivity index (χ0) is 11.3. The smallest absolute Gasteiger partial charge is 0.107 e. The molecule has 0 saturated heterocycles. The standard InChI is InChI=1S/C11H20N2OS/c1-8(2)10-6-13-11(15-10)7-12-5-4-9(3)14/h6,8-9,12,14H,4-5,7H2,1-3H3. The van der Waals surface area contributed by atoms with Crippen LogP contribution in [0.5, 0.6) is 0 Å². The van der Waals surface area contributed by atoms with Crippen molar-refractivity contribution in [2.75, 3.05) is 6.54 Å². The molecule has 0 amide bonds. The van der Waals surface area contributed by atoms with Crippen LogP contribution in [-0.4, -0.2) is 22.7 Å². The van der Waals surface area contributed by atoms with Crippen molar-refractivity contribution in [1.82, 2.24) is 10.3 Å². The van der Waals surface area contributed by atoms with Crippen molar-refractivity contribution in [2.24, 2.45) is 0 Å². The van der Waals surface area contributed by atoms with E-state index in [1.54, 1.807) is 11.3 Å². The van der Waals surface area contributed by atoms with Gasteiger partial charge in [-0.3, -0.25) is 0 Å². The molecule has 1 rings (SSSR count). The molecule has 0 fully saturated rings. The summed E-state index contributed by atoms with van der Waals surface area (Å²) in [4.78, 5) is 5.68. The molecule has 4 heteroatoms. The summed E-state index contributed by atoms with van der Waals surface area (Å²) in [7, 11) is 0. The molecule has 0 radical (unpaired) electrons. The van der Waals surface area contributed by atoms with Crippen molar-refractivity contribution in [2.45, 2.75) is 45.8 Å². The van der Waals surface area contributed by atoms with Gasteiger partial charge in [-0.25, -0.2) is 4.98 Å². The second-order valence-electron chi connectivity index (χ2n) is 4.13. The topological polar surface area (TPSA) is 45.1 Å². The summed E-state index contributed by atoms with van der Waals surface area (Å²) in [6, 6.07) is 0. The number of aliphatic hydroxyl groups is 1. The molecule has 1 unspecified atom stereocenters. The van der Waals surface area contributed by atoms with Crippen LogP contribution in [0.25, 0.3) is 0 Å². The lowest BCUT2D eigenvalue weighted by atomic mass is 10.2. The highest BCUT2D eigenvalue weighted by Crippen LogP contribution is 2.21. The largest absolute Gasteiger partial charge is 0.393 e. The van der Waals surface area contributed by atoms with Gasteiger partial charge in [0, 0.05) is 17.6 Å². The molecule has 15 heavy (non-hydrogen) atoms. The van der Waals surface area contributed by atoms with E-state index < -0.39 is 0 Å². The maximum atomic E-state index is 9.07. The van der Waals surface area contributed by atoms with E-state index >= 15 is 0 Å². The van der Waals surface area contributed by atoms with Crippen LogP contribution in [0.4, 0.5) is 0 Å². The van der Waals surface area contributed by atoms with E-state index in [-0.39, 0.29) is 6.10 Å². The number of aliphatic hydroxyl groups excluding tert-OH is 1. The first-order chi connectivity index (χ1) is 7.09. The fourth-order valence-corrected chi connectivity index (χ4v) is 2.07. The van der Waals surface area contributed by atoms with Crippen LogP contribution < -0.4 is 5.32 Å². The van der Waals surface area contributed by atoms with Gasteiger partial charge >= 0.3 is 0 Å². The van der Waals surface area contributed by atoms with Gasteiger partial charge in [-0.05, 0) is 25.8 Å². The molecular formula is C11H20N2OS. The maximum absolute atomic E-state index is 9.07. The SMILES string of the molecule is CC(O)CCNCc1ncc(C(C)C)s1.